The molecule has 4 heteroatoms. The molecule has 0 saturated heterocycles. The normalized spacial score (nSPS) is 18.4. The first-order valence-corrected chi connectivity index (χ1v) is 6.92. The molecular weight excluding hydrogens is 266 g/mol. The predicted molar refractivity (Wildman–Crippen MR) is 81.6 cm³/mol. The van der Waals surface area contributed by atoms with E-state index in [0.29, 0.717) is 5.76 Å². The summed E-state index contributed by atoms with van der Waals surface area (Å²) in [6.07, 6.45) is -0.697. The molecule has 1 aromatic carbocycles. The van der Waals surface area contributed by atoms with Gasteiger partial charge in [-0.3, -0.25) is 0 Å². The summed E-state index contributed by atoms with van der Waals surface area (Å²) >= 11 is 0. The molecule has 21 heavy (non-hydrogen) atoms. The van der Waals surface area contributed by atoms with Gasteiger partial charge in [0, 0.05) is 5.70 Å². The van der Waals surface area contributed by atoms with Gasteiger partial charge in [-0.15, -0.1) is 0 Å². The van der Waals surface area contributed by atoms with E-state index < -0.39 is 6.16 Å². The highest BCUT2D eigenvalue weighted by atomic mass is 16.7. The molecule has 0 bridgehead atoms. The highest BCUT2D eigenvalue weighted by Crippen LogP contribution is 2.39. The van der Waals surface area contributed by atoms with E-state index in [1.54, 1.807) is 0 Å². The quantitative estimate of drug-likeness (QED) is 0.835. The lowest BCUT2D eigenvalue weighted by Gasteiger charge is -2.30. The van der Waals surface area contributed by atoms with Crippen LogP contribution in [-0.2, 0) is 9.47 Å². The first kappa shape index (κ1) is 15.2. The fourth-order valence-electron chi connectivity index (χ4n) is 2.62. The van der Waals surface area contributed by atoms with Crippen molar-refractivity contribution >= 4 is 6.16 Å². The van der Waals surface area contributed by atoms with Gasteiger partial charge in [-0.2, -0.15) is 0 Å². The van der Waals surface area contributed by atoms with Gasteiger partial charge in [0.15, 0.2) is 0 Å². The Bertz CT molecular complexity index is 629. The van der Waals surface area contributed by atoms with Crippen molar-refractivity contribution in [1.29, 1.82) is 0 Å². The maximum Gasteiger partial charge on any atom is 0.513 e. The number of aryl methyl sites for hydroxylation is 1. The van der Waals surface area contributed by atoms with Crippen molar-refractivity contribution in [2.45, 2.75) is 33.6 Å². The molecule has 1 aliphatic rings. The van der Waals surface area contributed by atoms with Crippen molar-refractivity contribution in [2.24, 2.45) is 0 Å². The smallest absolute Gasteiger partial charge is 0.437 e. The summed E-state index contributed by atoms with van der Waals surface area (Å²) in [5.74, 6) is 0.519. The average Bonchev–Trinajstić information content (AvgIpc) is 2.46. The number of hydrogen-bond donors (Lipinski definition) is 1. The van der Waals surface area contributed by atoms with Crippen molar-refractivity contribution in [3.8, 4) is 0 Å². The van der Waals surface area contributed by atoms with Gasteiger partial charge in [0.25, 0.3) is 0 Å². The van der Waals surface area contributed by atoms with E-state index in [2.05, 4.69) is 29.1 Å². The average molecular weight is 287 g/mol. The Morgan fingerprint density at radius 2 is 1.76 bits per heavy atom. The molecule has 0 spiro atoms. The summed E-state index contributed by atoms with van der Waals surface area (Å²) in [5, 5.41) is 3.25. The van der Waals surface area contributed by atoms with Gasteiger partial charge in [-0.1, -0.05) is 24.3 Å². The maximum absolute atomic E-state index is 11.6. The molecule has 0 radical (unpaired) electrons. The van der Waals surface area contributed by atoms with Crippen LogP contribution in [0, 0.1) is 6.92 Å². The van der Waals surface area contributed by atoms with Crippen LogP contribution in [0.2, 0.25) is 0 Å². The minimum absolute atomic E-state index is 0.0773. The topological polar surface area (TPSA) is 47.6 Å². The maximum atomic E-state index is 11.6. The van der Waals surface area contributed by atoms with E-state index in [1.165, 1.54) is 7.11 Å². The first-order chi connectivity index (χ1) is 9.95. The molecule has 0 fully saturated rings. The lowest BCUT2D eigenvalue weighted by atomic mass is 9.84. The third-order valence-electron chi connectivity index (χ3n) is 3.89. The van der Waals surface area contributed by atoms with E-state index in [1.807, 2.05) is 32.9 Å². The molecule has 4 nitrogen and oxygen atoms in total. The number of carbonyl (C=O) groups is 1. The molecule has 1 unspecified atom stereocenters. The number of dihydropyridines is 1. The minimum atomic E-state index is -0.697. The van der Waals surface area contributed by atoms with Gasteiger partial charge in [0.2, 0.25) is 0 Å². The monoisotopic (exact) mass is 287 g/mol. The summed E-state index contributed by atoms with van der Waals surface area (Å²) in [6.45, 7) is 8.04. The van der Waals surface area contributed by atoms with Crippen LogP contribution in [0.1, 0.15) is 37.8 Å². The van der Waals surface area contributed by atoms with Crippen molar-refractivity contribution in [1.82, 2.24) is 5.32 Å². The summed E-state index contributed by atoms with van der Waals surface area (Å²) in [4.78, 5) is 11.6. The van der Waals surface area contributed by atoms with Crippen LogP contribution in [0.3, 0.4) is 0 Å². The van der Waals surface area contributed by atoms with E-state index in [4.69, 9.17) is 4.74 Å². The Morgan fingerprint density at radius 1 is 1.10 bits per heavy atom. The van der Waals surface area contributed by atoms with Gasteiger partial charge >= 0.3 is 6.16 Å². The number of allylic oxidation sites excluding steroid dienone is 3. The van der Waals surface area contributed by atoms with Crippen LogP contribution in [0.25, 0.3) is 0 Å². The highest BCUT2D eigenvalue weighted by Gasteiger charge is 2.30. The number of ether oxygens (including phenoxy) is 2. The molecule has 1 N–H and O–H groups in total. The molecular formula is C17H21NO3. The van der Waals surface area contributed by atoms with E-state index in [-0.39, 0.29) is 5.92 Å². The van der Waals surface area contributed by atoms with Crippen LogP contribution < -0.4 is 5.32 Å². The Hall–Kier alpha value is -2.23. The van der Waals surface area contributed by atoms with Gasteiger partial charge < -0.3 is 14.8 Å². The number of carbonyl (C=O) groups excluding carboxylic acids is 1. The molecule has 112 valence electrons. The number of rotatable bonds is 2. The standard InChI is InChI=1S/C17H21NO3/c1-10-8-6-7-9-14(10)15-11(2)12(3)18-13(4)16(15)21-17(19)20-5/h6-9,15,18H,1-5H3. The van der Waals surface area contributed by atoms with Gasteiger partial charge in [0.1, 0.15) is 5.76 Å². The van der Waals surface area contributed by atoms with E-state index in [0.717, 1.165) is 28.1 Å². The summed E-state index contributed by atoms with van der Waals surface area (Å²) in [5.41, 5.74) is 5.34. The third kappa shape index (κ3) is 2.94. The lowest BCUT2D eigenvalue weighted by molar-refractivity contribution is 0.0920. The zero-order chi connectivity index (χ0) is 15.6. The second-order valence-corrected chi connectivity index (χ2v) is 5.27. The number of benzene rings is 1. The van der Waals surface area contributed by atoms with Crippen LogP contribution in [0.5, 0.6) is 0 Å². The van der Waals surface area contributed by atoms with E-state index >= 15 is 0 Å². The molecule has 1 aromatic rings. The van der Waals surface area contributed by atoms with Gasteiger partial charge in [0.05, 0.1) is 18.7 Å². The molecule has 1 atom stereocenters. The number of methoxy groups -OCH3 is 1. The molecule has 0 amide bonds. The largest absolute Gasteiger partial charge is 0.513 e. The summed E-state index contributed by atoms with van der Waals surface area (Å²) in [7, 11) is 1.31. The van der Waals surface area contributed by atoms with Crippen LogP contribution >= 0.6 is 0 Å². The third-order valence-corrected chi connectivity index (χ3v) is 3.89. The Balaban J connectivity index is 2.52. The SMILES string of the molecule is COC(=O)OC1=C(C)NC(C)=C(C)C1c1ccccc1C. The zero-order valence-corrected chi connectivity index (χ0v) is 13.1. The fourth-order valence-corrected chi connectivity index (χ4v) is 2.62. The predicted octanol–water partition coefficient (Wildman–Crippen LogP) is 3.99. The molecule has 1 aliphatic heterocycles. The van der Waals surface area contributed by atoms with Crippen LogP contribution in [0.15, 0.2) is 47.0 Å². The van der Waals surface area contributed by atoms with E-state index in [9.17, 15) is 4.79 Å². The second-order valence-electron chi connectivity index (χ2n) is 5.27. The van der Waals surface area contributed by atoms with Crippen LogP contribution in [-0.4, -0.2) is 13.3 Å². The number of hydrogen-bond acceptors (Lipinski definition) is 4. The molecule has 1 heterocycles. The lowest BCUT2D eigenvalue weighted by Crippen LogP contribution is -2.26. The minimum Gasteiger partial charge on any atom is -0.437 e. The summed E-state index contributed by atoms with van der Waals surface area (Å²) < 4.78 is 10.1. The molecule has 2 rings (SSSR count). The highest BCUT2D eigenvalue weighted by molar-refractivity contribution is 5.63. The fraction of sp³-hybridized carbons (Fsp3) is 0.353. The van der Waals surface area contributed by atoms with Crippen molar-refractivity contribution < 1.29 is 14.3 Å². The summed E-state index contributed by atoms with van der Waals surface area (Å²) in [6, 6.07) is 8.13. The van der Waals surface area contributed by atoms with Gasteiger partial charge in [-0.25, -0.2) is 4.79 Å². The Morgan fingerprint density at radius 3 is 2.38 bits per heavy atom. The van der Waals surface area contributed by atoms with Crippen molar-refractivity contribution in [3.05, 3.63) is 58.1 Å². The van der Waals surface area contributed by atoms with Crippen LogP contribution in [0.4, 0.5) is 4.79 Å². The Labute approximate surface area is 125 Å². The first-order valence-electron chi connectivity index (χ1n) is 6.92. The van der Waals surface area contributed by atoms with Gasteiger partial charge in [-0.05, 0) is 44.4 Å². The molecule has 0 saturated carbocycles. The number of nitrogens with one attached hydrogen (secondary N) is 1. The van der Waals surface area contributed by atoms with Crippen molar-refractivity contribution in [2.75, 3.05) is 7.11 Å². The van der Waals surface area contributed by atoms with Crippen molar-refractivity contribution in [3.63, 3.8) is 0 Å². The molecule has 0 aromatic heterocycles. The molecule has 0 aliphatic carbocycles. The zero-order valence-electron chi connectivity index (χ0n) is 13.1. The second kappa shape index (κ2) is 6.04. The Kier molecular flexibility index (Phi) is 4.36.